The molecule has 1 unspecified atom stereocenters. The van der Waals surface area contributed by atoms with E-state index in [1.54, 1.807) is 18.2 Å². The van der Waals surface area contributed by atoms with Gasteiger partial charge in [-0.1, -0.05) is 48.5 Å². The number of hydrogen-bond donors (Lipinski definition) is 2. The molecule has 4 rings (SSSR count). The Bertz CT molecular complexity index is 1330. The van der Waals surface area contributed by atoms with Gasteiger partial charge in [-0.3, -0.25) is 0 Å². The zero-order chi connectivity index (χ0) is 25.7. The van der Waals surface area contributed by atoms with E-state index in [9.17, 15) is 13.6 Å². The number of rotatable bonds is 7. The standard InChI is InChI=1S/C27H26F2N6O/c1-18(19-10-5-4-6-11-19)31-26-30-17-16-24(32-26)35(23-15-8-7-14-22(23)34(2)3)27(36)33-25-20(28)12-9-13-21(25)29/h4-18H,1-3H3,(H,33,36)(H,30,31,32). The van der Waals surface area contributed by atoms with Crippen molar-refractivity contribution in [1.82, 2.24) is 9.97 Å². The van der Waals surface area contributed by atoms with Crippen LogP contribution in [0.15, 0.2) is 85.1 Å². The van der Waals surface area contributed by atoms with Crippen LogP contribution in [0.3, 0.4) is 0 Å². The van der Waals surface area contributed by atoms with Crippen LogP contribution in [0.25, 0.3) is 0 Å². The van der Waals surface area contributed by atoms with E-state index in [0.717, 1.165) is 17.7 Å². The van der Waals surface area contributed by atoms with E-state index >= 15 is 0 Å². The van der Waals surface area contributed by atoms with Gasteiger partial charge in [0.05, 0.1) is 17.4 Å². The van der Waals surface area contributed by atoms with Gasteiger partial charge in [-0.2, -0.15) is 4.98 Å². The normalized spacial score (nSPS) is 11.5. The Morgan fingerprint density at radius 3 is 2.17 bits per heavy atom. The van der Waals surface area contributed by atoms with E-state index in [0.29, 0.717) is 17.3 Å². The Labute approximate surface area is 208 Å². The van der Waals surface area contributed by atoms with Gasteiger partial charge in [0.15, 0.2) is 0 Å². The molecular formula is C27H26F2N6O. The predicted molar refractivity (Wildman–Crippen MR) is 139 cm³/mol. The number of para-hydroxylation sites is 3. The van der Waals surface area contributed by atoms with Crippen LogP contribution in [0.5, 0.6) is 0 Å². The highest BCUT2D eigenvalue weighted by Gasteiger charge is 2.25. The molecule has 0 spiro atoms. The summed E-state index contributed by atoms with van der Waals surface area (Å²) in [5.74, 6) is -1.26. The van der Waals surface area contributed by atoms with Crippen molar-refractivity contribution in [3.05, 3.63) is 102 Å². The summed E-state index contributed by atoms with van der Waals surface area (Å²) in [5.41, 5.74) is 1.67. The predicted octanol–water partition coefficient (Wildman–Crippen LogP) is 6.36. The summed E-state index contributed by atoms with van der Waals surface area (Å²) in [5, 5.41) is 5.60. The molecule has 4 aromatic rings. The molecule has 0 saturated carbocycles. The van der Waals surface area contributed by atoms with E-state index < -0.39 is 23.4 Å². The van der Waals surface area contributed by atoms with Crippen molar-refractivity contribution in [2.45, 2.75) is 13.0 Å². The number of nitrogens with one attached hydrogen (secondary N) is 2. The Morgan fingerprint density at radius 2 is 1.50 bits per heavy atom. The number of anilines is 5. The average molecular weight is 489 g/mol. The lowest BCUT2D eigenvalue weighted by atomic mass is 10.1. The van der Waals surface area contributed by atoms with Crippen LogP contribution in [0.2, 0.25) is 0 Å². The summed E-state index contributed by atoms with van der Waals surface area (Å²) in [4.78, 5) is 25.5. The van der Waals surface area contributed by atoms with E-state index in [4.69, 9.17) is 0 Å². The lowest BCUT2D eigenvalue weighted by Gasteiger charge is -2.27. The fourth-order valence-electron chi connectivity index (χ4n) is 3.71. The van der Waals surface area contributed by atoms with Crippen molar-refractivity contribution in [3.8, 4) is 0 Å². The Morgan fingerprint density at radius 1 is 0.861 bits per heavy atom. The molecule has 0 aliphatic heterocycles. The van der Waals surface area contributed by atoms with Crippen molar-refractivity contribution in [3.63, 3.8) is 0 Å². The molecule has 2 amide bonds. The molecule has 0 saturated heterocycles. The maximum absolute atomic E-state index is 14.3. The van der Waals surface area contributed by atoms with E-state index in [-0.39, 0.29) is 11.9 Å². The smallest absolute Gasteiger partial charge is 0.332 e. The molecule has 0 aliphatic rings. The lowest BCUT2D eigenvalue weighted by molar-refractivity contribution is 0.258. The molecule has 0 fully saturated rings. The molecule has 0 radical (unpaired) electrons. The zero-order valence-electron chi connectivity index (χ0n) is 20.1. The summed E-state index contributed by atoms with van der Waals surface area (Å²) in [7, 11) is 3.67. The molecule has 0 aliphatic carbocycles. The molecule has 3 aromatic carbocycles. The highest BCUT2D eigenvalue weighted by Crippen LogP contribution is 2.34. The SMILES string of the molecule is CC(Nc1nccc(N(C(=O)Nc2c(F)cccc2F)c2ccccc2N(C)C)n1)c1ccccc1. The minimum Gasteiger partial charge on any atom is -0.376 e. The first kappa shape index (κ1) is 24.6. The number of nitrogens with zero attached hydrogens (tertiary/aromatic N) is 4. The summed E-state index contributed by atoms with van der Waals surface area (Å²) in [6, 6.07) is 21.0. The van der Waals surface area contributed by atoms with E-state index in [1.807, 2.05) is 68.4 Å². The Kier molecular flexibility index (Phi) is 7.39. The first-order valence-electron chi connectivity index (χ1n) is 11.3. The minimum absolute atomic E-state index is 0.106. The van der Waals surface area contributed by atoms with Crippen LogP contribution in [0.4, 0.5) is 42.4 Å². The van der Waals surface area contributed by atoms with Gasteiger partial charge in [0, 0.05) is 26.4 Å². The third kappa shape index (κ3) is 5.41. The third-order valence-corrected chi connectivity index (χ3v) is 5.52. The second-order valence-corrected chi connectivity index (χ2v) is 8.26. The molecule has 2 N–H and O–H groups in total. The van der Waals surface area contributed by atoms with Crippen LogP contribution in [0, 0.1) is 11.6 Å². The topological polar surface area (TPSA) is 73.4 Å². The van der Waals surface area contributed by atoms with E-state index in [2.05, 4.69) is 20.6 Å². The summed E-state index contributed by atoms with van der Waals surface area (Å²) < 4.78 is 28.7. The molecule has 7 nitrogen and oxygen atoms in total. The number of halogens is 2. The molecule has 0 bridgehead atoms. The maximum Gasteiger partial charge on any atom is 0.332 e. The second kappa shape index (κ2) is 10.8. The fourth-order valence-corrected chi connectivity index (χ4v) is 3.71. The third-order valence-electron chi connectivity index (χ3n) is 5.52. The largest absolute Gasteiger partial charge is 0.376 e. The quantitative estimate of drug-likeness (QED) is 0.317. The fraction of sp³-hybridized carbons (Fsp3) is 0.148. The van der Waals surface area contributed by atoms with Gasteiger partial charge in [0.2, 0.25) is 5.95 Å². The first-order valence-corrected chi connectivity index (χ1v) is 11.3. The monoisotopic (exact) mass is 488 g/mol. The number of amides is 2. The highest BCUT2D eigenvalue weighted by atomic mass is 19.1. The molecule has 184 valence electrons. The van der Waals surface area contributed by atoms with Gasteiger partial charge in [-0.15, -0.1) is 0 Å². The second-order valence-electron chi connectivity index (χ2n) is 8.26. The molecule has 36 heavy (non-hydrogen) atoms. The van der Waals surface area contributed by atoms with Gasteiger partial charge in [-0.05, 0) is 36.8 Å². The molecular weight excluding hydrogens is 462 g/mol. The first-order chi connectivity index (χ1) is 17.3. The molecule has 1 atom stereocenters. The van der Waals surface area contributed by atoms with Gasteiger partial charge in [-0.25, -0.2) is 23.5 Å². The summed E-state index contributed by atoms with van der Waals surface area (Å²) in [6.07, 6.45) is 1.52. The summed E-state index contributed by atoms with van der Waals surface area (Å²) >= 11 is 0. The van der Waals surface area contributed by atoms with Crippen molar-refractivity contribution in [2.24, 2.45) is 0 Å². The van der Waals surface area contributed by atoms with Crippen molar-refractivity contribution >= 4 is 34.9 Å². The maximum atomic E-state index is 14.3. The van der Waals surface area contributed by atoms with E-state index in [1.165, 1.54) is 17.2 Å². The van der Waals surface area contributed by atoms with Crippen LogP contribution in [-0.4, -0.2) is 30.1 Å². The van der Waals surface area contributed by atoms with Crippen LogP contribution in [0.1, 0.15) is 18.5 Å². The van der Waals surface area contributed by atoms with Crippen molar-refractivity contribution < 1.29 is 13.6 Å². The number of hydrogen-bond acceptors (Lipinski definition) is 5. The summed E-state index contributed by atoms with van der Waals surface area (Å²) in [6.45, 7) is 1.97. The molecule has 1 aromatic heterocycles. The van der Waals surface area contributed by atoms with Gasteiger partial charge in [0.1, 0.15) is 23.1 Å². The minimum atomic E-state index is -0.883. The van der Waals surface area contributed by atoms with Gasteiger partial charge >= 0.3 is 6.03 Å². The van der Waals surface area contributed by atoms with Crippen molar-refractivity contribution in [1.29, 1.82) is 0 Å². The molecule has 1 heterocycles. The molecule has 9 heteroatoms. The Balaban J connectivity index is 1.74. The Hall–Kier alpha value is -4.53. The lowest BCUT2D eigenvalue weighted by Crippen LogP contribution is -2.33. The number of urea groups is 1. The number of aromatic nitrogens is 2. The van der Waals surface area contributed by atoms with Crippen LogP contribution in [-0.2, 0) is 0 Å². The van der Waals surface area contributed by atoms with Crippen LogP contribution < -0.4 is 20.4 Å². The van der Waals surface area contributed by atoms with Gasteiger partial charge in [0.25, 0.3) is 0 Å². The number of carbonyl (C=O) groups excluding carboxylic acids is 1. The average Bonchev–Trinajstić information content (AvgIpc) is 2.87. The van der Waals surface area contributed by atoms with Crippen LogP contribution >= 0.6 is 0 Å². The zero-order valence-corrected chi connectivity index (χ0v) is 20.1. The van der Waals surface area contributed by atoms with Gasteiger partial charge < -0.3 is 15.5 Å². The number of carbonyl (C=O) groups is 1. The highest BCUT2D eigenvalue weighted by molar-refractivity contribution is 6.08. The van der Waals surface area contributed by atoms with Crippen molar-refractivity contribution in [2.75, 3.05) is 34.5 Å². The number of benzene rings is 3.